The van der Waals surface area contributed by atoms with Gasteiger partial charge in [-0.1, -0.05) is 44.5 Å². The van der Waals surface area contributed by atoms with Crippen LogP contribution in [-0.4, -0.2) is 11.5 Å². The van der Waals surface area contributed by atoms with Gasteiger partial charge in [-0.15, -0.1) is 0 Å². The van der Waals surface area contributed by atoms with Gasteiger partial charge < -0.3 is 11.1 Å². The summed E-state index contributed by atoms with van der Waals surface area (Å²) in [5, 5.41) is 13.7. The lowest BCUT2D eigenvalue weighted by atomic mass is 9.97. The Morgan fingerprint density at radius 1 is 1.40 bits per heavy atom. The maximum Gasteiger partial charge on any atom is 0.146 e. The summed E-state index contributed by atoms with van der Waals surface area (Å²) in [4.78, 5) is 4.46. The van der Waals surface area contributed by atoms with E-state index in [1.54, 1.807) is 12.1 Å². The van der Waals surface area contributed by atoms with Gasteiger partial charge in [-0.25, -0.2) is 4.98 Å². The first-order valence-electron chi connectivity index (χ1n) is 6.35. The molecule has 0 unspecified atom stereocenters. The van der Waals surface area contributed by atoms with Crippen molar-refractivity contribution < 1.29 is 0 Å². The Bertz CT molecular complexity index is 696. The van der Waals surface area contributed by atoms with E-state index in [4.69, 9.17) is 17.3 Å². The summed E-state index contributed by atoms with van der Waals surface area (Å²) in [6, 6.07) is 7.49. The first kappa shape index (κ1) is 14.4. The molecule has 20 heavy (non-hydrogen) atoms. The molecule has 5 heteroatoms. The number of pyridine rings is 1. The summed E-state index contributed by atoms with van der Waals surface area (Å²) in [5.41, 5.74) is 7.54. The summed E-state index contributed by atoms with van der Waals surface area (Å²) in [5.74, 6) is 0.487. The maximum atomic E-state index is 9.31. The number of nitrogens with zero attached hydrogens (tertiary/aromatic N) is 2. The highest BCUT2D eigenvalue weighted by atomic mass is 35.5. The van der Waals surface area contributed by atoms with Crippen molar-refractivity contribution in [2.75, 3.05) is 17.6 Å². The molecule has 0 atom stereocenters. The van der Waals surface area contributed by atoms with E-state index in [2.05, 4.69) is 37.1 Å². The Balaban J connectivity index is 2.59. The van der Waals surface area contributed by atoms with Gasteiger partial charge in [-0.3, -0.25) is 0 Å². The van der Waals surface area contributed by atoms with Gasteiger partial charge in [-0.2, -0.15) is 5.26 Å². The standard InChI is InChI=1S/C15H17ClN4/c1-15(2,3)8-19-14-10(7-17)12(18)9-5-4-6-11(16)13(9)20-14/h4-6H,8H2,1-3H3,(H3,18,19,20). The zero-order valence-corrected chi connectivity index (χ0v) is 12.5. The van der Waals surface area contributed by atoms with E-state index in [9.17, 15) is 5.26 Å². The average molecular weight is 289 g/mol. The quantitative estimate of drug-likeness (QED) is 0.881. The van der Waals surface area contributed by atoms with E-state index < -0.39 is 0 Å². The highest BCUT2D eigenvalue weighted by Gasteiger charge is 2.16. The number of benzene rings is 1. The zero-order valence-electron chi connectivity index (χ0n) is 11.8. The molecular weight excluding hydrogens is 272 g/mol. The van der Waals surface area contributed by atoms with Crippen LogP contribution in [0.5, 0.6) is 0 Å². The number of anilines is 2. The van der Waals surface area contributed by atoms with Crippen LogP contribution in [0, 0.1) is 16.7 Å². The molecule has 0 aliphatic rings. The smallest absolute Gasteiger partial charge is 0.146 e. The second-order valence-electron chi connectivity index (χ2n) is 5.91. The minimum absolute atomic E-state index is 0.0681. The number of nitrogen functional groups attached to an aromatic ring is 1. The normalized spacial score (nSPS) is 11.3. The van der Waals surface area contributed by atoms with Crippen LogP contribution < -0.4 is 11.1 Å². The Labute approximate surface area is 123 Å². The molecule has 2 aromatic rings. The first-order chi connectivity index (χ1) is 9.33. The summed E-state index contributed by atoms with van der Waals surface area (Å²) in [7, 11) is 0. The molecule has 0 saturated carbocycles. The van der Waals surface area contributed by atoms with Gasteiger partial charge in [0, 0.05) is 11.9 Å². The number of rotatable bonds is 2. The minimum Gasteiger partial charge on any atom is -0.397 e. The largest absolute Gasteiger partial charge is 0.397 e. The van der Waals surface area contributed by atoms with Crippen LogP contribution in [-0.2, 0) is 0 Å². The van der Waals surface area contributed by atoms with Crippen molar-refractivity contribution in [2.24, 2.45) is 5.41 Å². The van der Waals surface area contributed by atoms with Gasteiger partial charge >= 0.3 is 0 Å². The Kier molecular flexibility index (Phi) is 3.74. The monoisotopic (exact) mass is 288 g/mol. The molecule has 1 aromatic carbocycles. The van der Waals surface area contributed by atoms with Crippen LogP contribution in [0.4, 0.5) is 11.5 Å². The molecule has 0 saturated heterocycles. The van der Waals surface area contributed by atoms with Crippen molar-refractivity contribution in [3.8, 4) is 6.07 Å². The van der Waals surface area contributed by atoms with Crippen LogP contribution in [0.25, 0.3) is 10.9 Å². The molecule has 0 radical (unpaired) electrons. The van der Waals surface area contributed by atoms with Crippen molar-refractivity contribution in [2.45, 2.75) is 20.8 Å². The molecule has 0 aliphatic heterocycles. The van der Waals surface area contributed by atoms with Crippen LogP contribution in [0.1, 0.15) is 26.3 Å². The average Bonchev–Trinajstić information content (AvgIpc) is 2.37. The van der Waals surface area contributed by atoms with E-state index in [1.807, 2.05) is 6.07 Å². The SMILES string of the molecule is CC(C)(C)CNc1nc2c(Cl)cccc2c(N)c1C#N. The number of hydrogen-bond acceptors (Lipinski definition) is 4. The second-order valence-corrected chi connectivity index (χ2v) is 6.32. The number of nitriles is 1. The second kappa shape index (κ2) is 5.18. The van der Waals surface area contributed by atoms with Crippen LogP contribution in [0.3, 0.4) is 0 Å². The van der Waals surface area contributed by atoms with Crippen molar-refractivity contribution in [3.63, 3.8) is 0 Å². The molecule has 3 N–H and O–H groups in total. The fourth-order valence-electron chi connectivity index (χ4n) is 1.87. The minimum atomic E-state index is 0.0681. The maximum absolute atomic E-state index is 9.31. The predicted octanol–water partition coefficient (Wildman–Crippen LogP) is 3.80. The van der Waals surface area contributed by atoms with Gasteiger partial charge in [0.1, 0.15) is 17.5 Å². The third kappa shape index (κ3) is 2.78. The first-order valence-corrected chi connectivity index (χ1v) is 6.73. The van der Waals surface area contributed by atoms with Crippen LogP contribution >= 0.6 is 11.6 Å². The topological polar surface area (TPSA) is 74.7 Å². The fourth-order valence-corrected chi connectivity index (χ4v) is 2.08. The highest BCUT2D eigenvalue weighted by molar-refractivity contribution is 6.35. The van der Waals surface area contributed by atoms with Crippen LogP contribution in [0.2, 0.25) is 5.02 Å². The number of nitrogens with two attached hydrogens (primary N) is 1. The van der Waals surface area contributed by atoms with Crippen molar-refractivity contribution in [1.29, 1.82) is 5.26 Å². The number of hydrogen-bond donors (Lipinski definition) is 2. The molecule has 1 heterocycles. The van der Waals surface area contributed by atoms with E-state index >= 15 is 0 Å². The van der Waals surface area contributed by atoms with E-state index in [1.165, 1.54) is 0 Å². The summed E-state index contributed by atoms with van der Waals surface area (Å²) in [6.07, 6.45) is 0. The molecule has 2 rings (SSSR count). The summed E-state index contributed by atoms with van der Waals surface area (Å²) in [6.45, 7) is 6.99. The van der Waals surface area contributed by atoms with Gasteiger partial charge in [0.2, 0.25) is 0 Å². The van der Waals surface area contributed by atoms with E-state index in [0.29, 0.717) is 39.5 Å². The highest BCUT2D eigenvalue weighted by Crippen LogP contribution is 2.32. The molecule has 4 nitrogen and oxygen atoms in total. The van der Waals surface area contributed by atoms with E-state index in [-0.39, 0.29) is 5.41 Å². The lowest BCUT2D eigenvalue weighted by molar-refractivity contribution is 0.442. The lowest BCUT2D eigenvalue weighted by Gasteiger charge is -2.20. The molecule has 1 aromatic heterocycles. The third-order valence-corrected chi connectivity index (χ3v) is 3.21. The molecule has 0 aliphatic carbocycles. The Hall–Kier alpha value is -1.99. The molecule has 0 fully saturated rings. The number of nitrogens with one attached hydrogen (secondary N) is 1. The summed E-state index contributed by atoms with van der Waals surface area (Å²) >= 11 is 6.16. The Morgan fingerprint density at radius 2 is 2.10 bits per heavy atom. The fraction of sp³-hybridized carbons (Fsp3) is 0.333. The zero-order chi connectivity index (χ0) is 14.9. The van der Waals surface area contributed by atoms with Crippen LogP contribution in [0.15, 0.2) is 18.2 Å². The predicted molar refractivity (Wildman–Crippen MR) is 83.8 cm³/mol. The molecule has 0 spiro atoms. The van der Waals surface area contributed by atoms with Crippen molar-refractivity contribution in [1.82, 2.24) is 4.98 Å². The van der Waals surface area contributed by atoms with Crippen molar-refractivity contribution in [3.05, 3.63) is 28.8 Å². The van der Waals surface area contributed by atoms with Gasteiger partial charge in [0.15, 0.2) is 0 Å². The third-order valence-electron chi connectivity index (χ3n) is 2.90. The number of aromatic nitrogens is 1. The van der Waals surface area contributed by atoms with Gasteiger partial charge in [0.05, 0.1) is 16.2 Å². The molecule has 0 bridgehead atoms. The number of halogens is 1. The lowest BCUT2D eigenvalue weighted by Crippen LogP contribution is -2.20. The van der Waals surface area contributed by atoms with Gasteiger partial charge in [-0.05, 0) is 11.5 Å². The summed E-state index contributed by atoms with van der Waals surface area (Å²) < 4.78 is 0. The van der Waals surface area contributed by atoms with E-state index in [0.717, 1.165) is 0 Å². The molecular formula is C15H17ClN4. The number of fused-ring (bicyclic) bond motifs is 1. The molecule has 0 amide bonds. The van der Waals surface area contributed by atoms with Crippen molar-refractivity contribution >= 4 is 34.0 Å². The number of para-hydroxylation sites is 1. The molecule has 104 valence electrons. The van der Waals surface area contributed by atoms with Gasteiger partial charge in [0.25, 0.3) is 0 Å². The Morgan fingerprint density at radius 3 is 2.70 bits per heavy atom.